The van der Waals surface area contributed by atoms with Crippen LogP contribution in [0.4, 0.5) is 11.4 Å². The van der Waals surface area contributed by atoms with E-state index in [1.54, 1.807) is 41.3 Å². The van der Waals surface area contributed by atoms with Crippen molar-refractivity contribution in [2.24, 2.45) is 17.8 Å². The Balaban J connectivity index is 1.25. The van der Waals surface area contributed by atoms with Gasteiger partial charge in [0.1, 0.15) is 11.5 Å². The zero-order chi connectivity index (χ0) is 24.5. The molecule has 0 saturated carbocycles. The third-order valence-corrected chi connectivity index (χ3v) is 6.74. The molecule has 3 atom stereocenters. The molecular formula is C27H26N2O6. The van der Waals surface area contributed by atoms with Crippen LogP contribution >= 0.6 is 0 Å². The van der Waals surface area contributed by atoms with Crippen LogP contribution < -0.4 is 19.3 Å². The number of benzene rings is 2. The number of para-hydroxylation sites is 2. The van der Waals surface area contributed by atoms with Gasteiger partial charge in [-0.2, -0.15) is 0 Å². The van der Waals surface area contributed by atoms with Crippen LogP contribution in [0.3, 0.4) is 0 Å². The zero-order valence-electron chi connectivity index (χ0n) is 19.4. The minimum absolute atomic E-state index is 0.0466. The molecule has 0 radical (unpaired) electrons. The Labute approximate surface area is 203 Å². The van der Waals surface area contributed by atoms with Gasteiger partial charge in [0.05, 0.1) is 35.7 Å². The monoisotopic (exact) mass is 474 g/mol. The molecule has 2 aliphatic heterocycles. The Bertz CT molecular complexity index is 1180. The van der Waals surface area contributed by atoms with Gasteiger partial charge in [-0.05, 0) is 56.2 Å². The molecule has 35 heavy (non-hydrogen) atoms. The Morgan fingerprint density at radius 1 is 0.943 bits per heavy atom. The maximum atomic E-state index is 12.8. The third kappa shape index (κ3) is 4.20. The molecular weight excluding hydrogens is 448 g/mol. The first kappa shape index (κ1) is 22.8. The van der Waals surface area contributed by atoms with E-state index < -0.39 is 11.9 Å². The molecule has 8 nitrogen and oxygen atoms in total. The standard InChI is InChI=1S/C27H26N2O6/c1-2-34-23-10-6-5-9-22(23)28-16-17(15-24(28)30)27(33)35-19-13-11-18(12-14-19)29-25(31)20-7-3-4-8-21(20)26(29)32/h3-6,9-14,17,20-21H,2,7-8,15-16H2,1H3/t17-,20+,21+/m1/s1. The molecule has 2 fully saturated rings. The van der Waals surface area contributed by atoms with Gasteiger partial charge in [0, 0.05) is 13.0 Å². The van der Waals surface area contributed by atoms with Gasteiger partial charge in [-0.15, -0.1) is 0 Å². The first-order valence-corrected chi connectivity index (χ1v) is 11.8. The highest BCUT2D eigenvalue weighted by molar-refractivity contribution is 6.22. The summed E-state index contributed by atoms with van der Waals surface area (Å²) in [5, 5.41) is 0. The van der Waals surface area contributed by atoms with Crippen molar-refractivity contribution in [1.29, 1.82) is 0 Å². The molecule has 3 amide bonds. The smallest absolute Gasteiger partial charge is 0.316 e. The summed E-state index contributed by atoms with van der Waals surface area (Å²) in [5.41, 5.74) is 1.10. The Morgan fingerprint density at radius 2 is 1.60 bits per heavy atom. The second kappa shape index (κ2) is 9.37. The highest BCUT2D eigenvalue weighted by Crippen LogP contribution is 2.38. The minimum atomic E-state index is -0.616. The topological polar surface area (TPSA) is 93.2 Å². The van der Waals surface area contributed by atoms with Crippen LogP contribution in [0.2, 0.25) is 0 Å². The number of carbonyl (C=O) groups is 4. The minimum Gasteiger partial charge on any atom is -0.492 e. The predicted molar refractivity (Wildman–Crippen MR) is 128 cm³/mol. The lowest BCUT2D eigenvalue weighted by molar-refractivity contribution is -0.139. The van der Waals surface area contributed by atoms with Gasteiger partial charge < -0.3 is 14.4 Å². The highest BCUT2D eigenvalue weighted by Gasteiger charge is 2.47. The molecule has 0 unspecified atom stereocenters. The summed E-state index contributed by atoms with van der Waals surface area (Å²) in [4.78, 5) is 53.8. The number of ether oxygens (including phenoxy) is 2. The normalized spacial score (nSPS) is 23.6. The maximum absolute atomic E-state index is 12.8. The number of amides is 3. The van der Waals surface area contributed by atoms with Gasteiger partial charge in [0.25, 0.3) is 0 Å². The molecule has 2 aromatic rings. The summed E-state index contributed by atoms with van der Waals surface area (Å²) >= 11 is 0. The molecule has 8 heteroatoms. The molecule has 0 bridgehead atoms. The van der Waals surface area contributed by atoms with E-state index in [0.717, 1.165) is 0 Å². The number of nitrogens with zero attached hydrogens (tertiary/aromatic N) is 2. The SMILES string of the molecule is CCOc1ccccc1N1C[C@H](C(=O)Oc2ccc(N3C(=O)[C@H]4CC=CC[C@@H]4C3=O)cc2)CC1=O. The van der Waals surface area contributed by atoms with Crippen molar-refractivity contribution >= 4 is 35.1 Å². The number of rotatable bonds is 6. The van der Waals surface area contributed by atoms with Gasteiger partial charge in [0.2, 0.25) is 17.7 Å². The fourth-order valence-corrected chi connectivity index (χ4v) is 4.97. The van der Waals surface area contributed by atoms with E-state index in [4.69, 9.17) is 9.47 Å². The molecule has 180 valence electrons. The first-order chi connectivity index (χ1) is 17.0. The average molecular weight is 475 g/mol. The molecule has 0 N–H and O–H groups in total. The number of imide groups is 1. The van der Waals surface area contributed by atoms with Gasteiger partial charge in [-0.3, -0.25) is 24.1 Å². The molecule has 0 aromatic heterocycles. The Kier molecular flexibility index (Phi) is 6.11. The van der Waals surface area contributed by atoms with E-state index in [9.17, 15) is 19.2 Å². The summed E-state index contributed by atoms with van der Waals surface area (Å²) in [5.74, 6) is -1.40. The van der Waals surface area contributed by atoms with Crippen molar-refractivity contribution in [3.8, 4) is 11.5 Å². The summed E-state index contributed by atoms with van der Waals surface area (Å²) in [6.45, 7) is 2.54. The number of allylic oxidation sites excluding steroid dienone is 2. The Hall–Kier alpha value is -3.94. The van der Waals surface area contributed by atoms with E-state index in [-0.39, 0.29) is 48.3 Å². The largest absolute Gasteiger partial charge is 0.492 e. The van der Waals surface area contributed by atoms with Crippen molar-refractivity contribution in [3.05, 3.63) is 60.7 Å². The van der Waals surface area contributed by atoms with E-state index in [2.05, 4.69) is 0 Å². The van der Waals surface area contributed by atoms with Crippen LogP contribution in [0.15, 0.2) is 60.7 Å². The van der Waals surface area contributed by atoms with Gasteiger partial charge in [0.15, 0.2) is 0 Å². The van der Waals surface area contributed by atoms with Crippen LogP contribution in [-0.2, 0) is 19.2 Å². The molecule has 2 saturated heterocycles. The van der Waals surface area contributed by atoms with Crippen molar-refractivity contribution in [2.45, 2.75) is 26.2 Å². The summed E-state index contributed by atoms with van der Waals surface area (Å²) < 4.78 is 11.2. The van der Waals surface area contributed by atoms with Crippen LogP contribution in [0.5, 0.6) is 11.5 Å². The summed E-state index contributed by atoms with van der Waals surface area (Å²) in [7, 11) is 0. The molecule has 0 spiro atoms. The third-order valence-electron chi connectivity index (χ3n) is 6.74. The van der Waals surface area contributed by atoms with Gasteiger partial charge in [-0.1, -0.05) is 24.3 Å². The second-order valence-electron chi connectivity index (χ2n) is 8.89. The van der Waals surface area contributed by atoms with Crippen LogP contribution in [-0.4, -0.2) is 36.8 Å². The summed E-state index contributed by atoms with van der Waals surface area (Å²) in [6, 6.07) is 13.6. The van der Waals surface area contributed by atoms with E-state index in [1.165, 1.54) is 4.90 Å². The number of esters is 1. The number of hydrogen-bond acceptors (Lipinski definition) is 6. The zero-order valence-corrected chi connectivity index (χ0v) is 19.4. The van der Waals surface area contributed by atoms with Crippen LogP contribution in [0.25, 0.3) is 0 Å². The van der Waals surface area contributed by atoms with E-state index in [0.29, 0.717) is 36.6 Å². The molecule has 1 aliphatic carbocycles. The van der Waals surface area contributed by atoms with E-state index >= 15 is 0 Å². The van der Waals surface area contributed by atoms with Crippen molar-refractivity contribution in [1.82, 2.24) is 0 Å². The lowest BCUT2D eigenvalue weighted by Gasteiger charge is -2.20. The number of fused-ring (bicyclic) bond motifs is 1. The average Bonchev–Trinajstić information content (AvgIpc) is 3.38. The quantitative estimate of drug-likeness (QED) is 0.275. The molecule has 3 aliphatic rings. The molecule has 2 heterocycles. The summed E-state index contributed by atoms with van der Waals surface area (Å²) in [6.07, 6.45) is 5.09. The van der Waals surface area contributed by atoms with E-state index in [1.807, 2.05) is 31.2 Å². The van der Waals surface area contributed by atoms with Gasteiger partial charge in [-0.25, -0.2) is 0 Å². The van der Waals surface area contributed by atoms with Crippen LogP contribution in [0, 0.1) is 17.8 Å². The fraction of sp³-hybridized carbons (Fsp3) is 0.333. The molecule has 5 rings (SSSR count). The predicted octanol–water partition coefficient (Wildman–Crippen LogP) is 3.50. The lowest BCUT2D eigenvalue weighted by Crippen LogP contribution is -2.30. The lowest BCUT2D eigenvalue weighted by atomic mass is 9.85. The fourth-order valence-electron chi connectivity index (χ4n) is 4.97. The van der Waals surface area contributed by atoms with Crippen molar-refractivity contribution < 1.29 is 28.7 Å². The molecule has 2 aromatic carbocycles. The van der Waals surface area contributed by atoms with Crippen LogP contribution in [0.1, 0.15) is 26.2 Å². The number of anilines is 2. The van der Waals surface area contributed by atoms with Crippen molar-refractivity contribution in [3.63, 3.8) is 0 Å². The number of hydrogen-bond donors (Lipinski definition) is 0. The second-order valence-corrected chi connectivity index (χ2v) is 8.89. The highest BCUT2D eigenvalue weighted by atomic mass is 16.5. The first-order valence-electron chi connectivity index (χ1n) is 11.8. The Morgan fingerprint density at radius 3 is 2.26 bits per heavy atom. The maximum Gasteiger partial charge on any atom is 0.316 e. The van der Waals surface area contributed by atoms with Crippen molar-refractivity contribution in [2.75, 3.05) is 23.0 Å². The van der Waals surface area contributed by atoms with Gasteiger partial charge >= 0.3 is 5.97 Å². The number of carbonyl (C=O) groups excluding carboxylic acids is 4.